The van der Waals surface area contributed by atoms with Gasteiger partial charge in [0, 0.05) is 5.56 Å². The SMILES string of the molecule is C/C=C\C.COc1ccc(C(=O)CBr)cc1. The van der Waals surface area contributed by atoms with Gasteiger partial charge in [0.15, 0.2) is 5.78 Å². The lowest BCUT2D eigenvalue weighted by Gasteiger charge is -1.99. The van der Waals surface area contributed by atoms with Gasteiger partial charge in [-0.25, -0.2) is 0 Å². The van der Waals surface area contributed by atoms with Crippen LogP contribution in [0, 0.1) is 0 Å². The normalized spacial score (nSPS) is 9.50. The minimum atomic E-state index is 0.0812. The quantitative estimate of drug-likeness (QED) is 0.479. The number of hydrogen-bond acceptors (Lipinski definition) is 2. The summed E-state index contributed by atoms with van der Waals surface area (Å²) in [6.45, 7) is 4.00. The number of Topliss-reactive ketones (excluding diaryl/α,β-unsaturated/α-hetero) is 1. The Balaban J connectivity index is 0.000000487. The molecule has 0 aliphatic heterocycles. The van der Waals surface area contributed by atoms with Gasteiger partial charge in [-0.05, 0) is 38.1 Å². The number of allylic oxidation sites excluding steroid dienone is 2. The molecule has 0 fully saturated rings. The van der Waals surface area contributed by atoms with Crippen LogP contribution >= 0.6 is 15.9 Å². The number of benzene rings is 1. The van der Waals surface area contributed by atoms with E-state index in [-0.39, 0.29) is 5.78 Å². The van der Waals surface area contributed by atoms with Crippen LogP contribution in [0.25, 0.3) is 0 Å². The molecule has 0 aliphatic rings. The van der Waals surface area contributed by atoms with E-state index in [0.717, 1.165) is 5.75 Å². The molecule has 0 heterocycles. The molecule has 0 saturated carbocycles. The first-order valence-corrected chi connectivity index (χ1v) is 6.12. The number of ketones is 1. The van der Waals surface area contributed by atoms with Crippen molar-refractivity contribution < 1.29 is 9.53 Å². The molecule has 1 aromatic carbocycles. The van der Waals surface area contributed by atoms with E-state index < -0.39 is 0 Å². The third-order valence-corrected chi connectivity index (χ3v) is 2.38. The highest BCUT2D eigenvalue weighted by Crippen LogP contribution is 2.12. The van der Waals surface area contributed by atoms with Gasteiger partial charge in [-0.15, -0.1) is 0 Å². The number of carbonyl (C=O) groups excluding carboxylic acids is 1. The molecule has 0 aromatic heterocycles. The zero-order chi connectivity index (χ0) is 12.4. The predicted molar refractivity (Wildman–Crippen MR) is 71.6 cm³/mol. The van der Waals surface area contributed by atoms with Gasteiger partial charge in [0.1, 0.15) is 5.75 Å². The lowest BCUT2D eigenvalue weighted by atomic mass is 10.1. The maximum absolute atomic E-state index is 11.1. The Hall–Kier alpha value is -1.09. The highest BCUT2D eigenvalue weighted by molar-refractivity contribution is 9.09. The van der Waals surface area contributed by atoms with Crippen molar-refractivity contribution in [3.63, 3.8) is 0 Å². The summed E-state index contributed by atoms with van der Waals surface area (Å²) in [5.41, 5.74) is 0.702. The third-order valence-electron chi connectivity index (χ3n) is 1.87. The lowest BCUT2D eigenvalue weighted by molar-refractivity contribution is 0.102. The summed E-state index contributed by atoms with van der Waals surface area (Å²) in [7, 11) is 1.60. The summed E-state index contributed by atoms with van der Waals surface area (Å²) < 4.78 is 4.96. The van der Waals surface area contributed by atoms with Crippen LogP contribution in [-0.2, 0) is 0 Å². The zero-order valence-electron chi connectivity index (χ0n) is 9.87. The van der Waals surface area contributed by atoms with Gasteiger partial charge in [-0.2, -0.15) is 0 Å². The van der Waals surface area contributed by atoms with Gasteiger partial charge < -0.3 is 4.74 Å². The Bertz CT molecular complexity index is 324. The van der Waals surface area contributed by atoms with Crippen LogP contribution in [0.15, 0.2) is 36.4 Å². The second kappa shape index (κ2) is 9.16. The Morgan fingerprint density at radius 1 is 1.25 bits per heavy atom. The van der Waals surface area contributed by atoms with Crippen molar-refractivity contribution in [2.24, 2.45) is 0 Å². The number of ether oxygens (including phenoxy) is 1. The molecule has 1 aromatic rings. The Labute approximate surface area is 105 Å². The monoisotopic (exact) mass is 284 g/mol. The minimum Gasteiger partial charge on any atom is -0.497 e. The molecule has 0 bridgehead atoms. The number of halogens is 1. The second-order valence-corrected chi connectivity index (χ2v) is 3.51. The molecule has 0 atom stereocenters. The van der Waals surface area contributed by atoms with E-state index in [1.807, 2.05) is 26.0 Å². The zero-order valence-corrected chi connectivity index (χ0v) is 11.5. The van der Waals surface area contributed by atoms with Gasteiger partial charge in [0.25, 0.3) is 0 Å². The van der Waals surface area contributed by atoms with Gasteiger partial charge in [0.2, 0.25) is 0 Å². The van der Waals surface area contributed by atoms with Crippen LogP contribution < -0.4 is 4.74 Å². The first kappa shape index (κ1) is 14.9. The van der Waals surface area contributed by atoms with E-state index in [1.165, 1.54) is 0 Å². The first-order chi connectivity index (χ1) is 7.69. The average molecular weight is 285 g/mol. The molecular weight excluding hydrogens is 268 g/mol. The standard InChI is InChI=1S/C9H9BrO2.C4H8/c1-12-8-4-2-7(3-5-8)9(11)6-10;1-3-4-2/h2-5H,6H2,1H3;3-4H,1-2H3/b;4-3-. The molecule has 0 unspecified atom stereocenters. The highest BCUT2D eigenvalue weighted by atomic mass is 79.9. The van der Waals surface area contributed by atoms with E-state index in [4.69, 9.17) is 4.74 Å². The molecule has 16 heavy (non-hydrogen) atoms. The molecule has 0 radical (unpaired) electrons. The summed E-state index contributed by atoms with van der Waals surface area (Å²) in [5, 5.41) is 0.360. The Kier molecular flexibility index (Phi) is 8.53. The molecule has 2 nitrogen and oxygen atoms in total. The van der Waals surface area contributed by atoms with Crippen molar-refractivity contribution in [1.82, 2.24) is 0 Å². The fraction of sp³-hybridized carbons (Fsp3) is 0.308. The maximum atomic E-state index is 11.1. The summed E-state index contributed by atoms with van der Waals surface area (Å²) in [5.74, 6) is 0.846. The van der Waals surface area contributed by atoms with Gasteiger partial charge in [-0.3, -0.25) is 4.79 Å². The van der Waals surface area contributed by atoms with Crippen molar-refractivity contribution in [3.05, 3.63) is 42.0 Å². The number of methoxy groups -OCH3 is 1. The smallest absolute Gasteiger partial charge is 0.173 e. The minimum absolute atomic E-state index is 0.0812. The average Bonchev–Trinajstić information content (AvgIpc) is 2.38. The summed E-state index contributed by atoms with van der Waals surface area (Å²) in [6.07, 6.45) is 4.00. The Morgan fingerprint density at radius 2 is 1.75 bits per heavy atom. The van der Waals surface area contributed by atoms with Crippen molar-refractivity contribution in [1.29, 1.82) is 0 Å². The van der Waals surface area contributed by atoms with E-state index in [1.54, 1.807) is 31.4 Å². The highest BCUT2D eigenvalue weighted by Gasteiger charge is 2.02. The van der Waals surface area contributed by atoms with E-state index >= 15 is 0 Å². The topological polar surface area (TPSA) is 26.3 Å². The molecule has 1 rings (SSSR count). The van der Waals surface area contributed by atoms with Crippen LogP contribution in [0.1, 0.15) is 24.2 Å². The van der Waals surface area contributed by atoms with Gasteiger partial charge >= 0.3 is 0 Å². The second-order valence-electron chi connectivity index (χ2n) is 2.95. The Morgan fingerprint density at radius 3 is 2.06 bits per heavy atom. The van der Waals surface area contributed by atoms with Crippen LogP contribution in [0.2, 0.25) is 0 Å². The molecule has 0 saturated heterocycles. The van der Waals surface area contributed by atoms with Gasteiger partial charge in [-0.1, -0.05) is 28.1 Å². The fourth-order valence-corrected chi connectivity index (χ4v) is 1.18. The van der Waals surface area contributed by atoms with Crippen molar-refractivity contribution in [2.75, 3.05) is 12.4 Å². The predicted octanol–water partition coefficient (Wildman–Crippen LogP) is 3.86. The molecule has 0 aliphatic carbocycles. The van der Waals surface area contributed by atoms with Crippen molar-refractivity contribution in [2.45, 2.75) is 13.8 Å². The largest absolute Gasteiger partial charge is 0.497 e. The van der Waals surface area contributed by atoms with Crippen LogP contribution in [0.3, 0.4) is 0 Å². The molecule has 3 heteroatoms. The maximum Gasteiger partial charge on any atom is 0.173 e. The first-order valence-electron chi connectivity index (χ1n) is 5.00. The third kappa shape index (κ3) is 5.71. The number of rotatable bonds is 3. The molecule has 88 valence electrons. The number of alkyl halides is 1. The lowest BCUT2D eigenvalue weighted by Crippen LogP contribution is -1.98. The van der Waals surface area contributed by atoms with Crippen molar-refractivity contribution in [3.8, 4) is 5.75 Å². The summed E-state index contributed by atoms with van der Waals surface area (Å²) >= 11 is 3.11. The summed E-state index contributed by atoms with van der Waals surface area (Å²) in [6, 6.07) is 7.05. The molecule has 0 amide bonds. The van der Waals surface area contributed by atoms with E-state index in [2.05, 4.69) is 15.9 Å². The van der Waals surface area contributed by atoms with Gasteiger partial charge in [0.05, 0.1) is 12.4 Å². The van der Waals surface area contributed by atoms with Crippen LogP contribution in [-0.4, -0.2) is 18.2 Å². The van der Waals surface area contributed by atoms with Crippen LogP contribution in [0.5, 0.6) is 5.75 Å². The van der Waals surface area contributed by atoms with E-state index in [9.17, 15) is 4.79 Å². The number of carbonyl (C=O) groups is 1. The van der Waals surface area contributed by atoms with Crippen molar-refractivity contribution >= 4 is 21.7 Å². The molecule has 0 N–H and O–H groups in total. The van der Waals surface area contributed by atoms with E-state index in [0.29, 0.717) is 10.9 Å². The summed E-state index contributed by atoms with van der Waals surface area (Å²) in [4.78, 5) is 11.1. The molecule has 0 spiro atoms. The molecular formula is C13H17BrO2. The number of hydrogen-bond donors (Lipinski definition) is 0. The fourth-order valence-electron chi connectivity index (χ4n) is 0.854. The van der Waals surface area contributed by atoms with Crippen LogP contribution in [0.4, 0.5) is 0 Å².